The van der Waals surface area contributed by atoms with Gasteiger partial charge in [-0.05, 0) is 12.1 Å². The second-order valence-corrected chi connectivity index (χ2v) is 8.59. The minimum absolute atomic E-state index is 0.0760. The Hall–Kier alpha value is -4.74. The first-order chi connectivity index (χ1) is 16.9. The Morgan fingerprint density at radius 3 is 2.71 bits per heavy atom. The van der Waals surface area contributed by atoms with Crippen molar-refractivity contribution >= 4 is 34.5 Å². The van der Waals surface area contributed by atoms with Crippen LogP contribution in [-0.2, 0) is 14.1 Å². The number of carbonyl (C=O) groups excluding carboxylic acids is 1. The van der Waals surface area contributed by atoms with Crippen LogP contribution in [0.4, 0.5) is 17.5 Å². The van der Waals surface area contributed by atoms with Crippen molar-refractivity contribution in [1.82, 2.24) is 34.3 Å². The number of amides is 1. The third kappa shape index (κ3) is 3.84. The summed E-state index contributed by atoms with van der Waals surface area (Å²) in [5, 5.41) is 7.14. The monoisotopic (exact) mass is 470 g/mol. The van der Waals surface area contributed by atoms with Crippen LogP contribution in [0.5, 0.6) is 0 Å². The van der Waals surface area contributed by atoms with Crippen LogP contribution in [0.3, 0.4) is 0 Å². The Labute approximate surface area is 199 Å². The van der Waals surface area contributed by atoms with E-state index in [1.165, 1.54) is 0 Å². The molecule has 3 N–H and O–H groups in total. The molecule has 0 radical (unpaired) electrons. The van der Waals surface area contributed by atoms with Crippen LogP contribution in [0, 0.1) is 0 Å². The number of primary amides is 1. The van der Waals surface area contributed by atoms with Crippen molar-refractivity contribution in [3.63, 3.8) is 0 Å². The van der Waals surface area contributed by atoms with Crippen molar-refractivity contribution in [3.8, 4) is 11.3 Å². The zero-order valence-corrected chi connectivity index (χ0v) is 19.1. The molecule has 5 heterocycles. The summed E-state index contributed by atoms with van der Waals surface area (Å²) in [4.78, 5) is 32.0. The normalized spacial score (nSPS) is 13.8. The molecular weight excluding hydrogens is 448 g/mol. The average Bonchev–Trinajstić information content (AvgIpc) is 3.52. The minimum Gasteiger partial charge on any atom is -0.423 e. The number of carbonyl (C=O) groups is 1. The van der Waals surface area contributed by atoms with Crippen molar-refractivity contribution in [2.45, 2.75) is 5.92 Å². The highest BCUT2D eigenvalue weighted by molar-refractivity contribution is 5.96. The molecule has 1 aliphatic heterocycles. The lowest BCUT2D eigenvalue weighted by atomic mass is 9.97. The van der Waals surface area contributed by atoms with E-state index in [9.17, 15) is 4.79 Å². The Kier molecular flexibility index (Phi) is 4.73. The van der Waals surface area contributed by atoms with Crippen LogP contribution in [0.2, 0.25) is 0 Å². The van der Waals surface area contributed by atoms with Gasteiger partial charge in [-0.3, -0.25) is 9.48 Å². The lowest BCUT2D eigenvalue weighted by Crippen LogP contribution is -2.45. The third-order valence-corrected chi connectivity index (χ3v) is 5.94. The number of fused-ring (bicyclic) bond motifs is 1. The van der Waals surface area contributed by atoms with Gasteiger partial charge in [-0.1, -0.05) is 6.07 Å². The highest BCUT2D eigenvalue weighted by Crippen LogP contribution is 2.34. The summed E-state index contributed by atoms with van der Waals surface area (Å²) in [7, 11) is 3.73. The van der Waals surface area contributed by atoms with Crippen molar-refractivity contribution in [1.29, 1.82) is 0 Å². The Morgan fingerprint density at radius 1 is 1.14 bits per heavy atom. The van der Waals surface area contributed by atoms with Gasteiger partial charge >= 0.3 is 0 Å². The van der Waals surface area contributed by atoms with E-state index in [4.69, 9.17) is 10.2 Å². The Balaban J connectivity index is 1.18. The molecule has 0 saturated carbocycles. The van der Waals surface area contributed by atoms with Crippen LogP contribution in [0.15, 0.2) is 53.7 Å². The molecule has 12 heteroatoms. The molecule has 1 amide bonds. The number of hydrogen-bond donors (Lipinski definition) is 2. The zero-order chi connectivity index (χ0) is 24.1. The molecule has 1 saturated heterocycles. The molecule has 1 fully saturated rings. The molecular formula is C23H22N10O2. The van der Waals surface area contributed by atoms with Gasteiger partial charge in [0.25, 0.3) is 11.9 Å². The number of nitrogens with zero attached hydrogens (tertiary/aromatic N) is 8. The maximum Gasteiger partial charge on any atom is 0.298 e. The molecule has 0 atom stereocenters. The molecule has 35 heavy (non-hydrogen) atoms. The van der Waals surface area contributed by atoms with Gasteiger partial charge in [0.1, 0.15) is 5.52 Å². The van der Waals surface area contributed by atoms with E-state index in [1.54, 1.807) is 36.6 Å². The van der Waals surface area contributed by atoms with Crippen LogP contribution < -0.4 is 16.0 Å². The number of benzene rings is 1. The SMILES string of the molecule is Cn1cnc(-c2ccc3nc(N4CC(c5cnc(Nc6cnn(C)c6)c(C(N)=O)n5)C4)oc3c2)c1. The molecule has 5 aromatic rings. The standard InChI is InChI=1S/C23H22N10O2/c1-31-11-18(26-12-31)13-3-4-16-19(5-13)35-23(30-16)33-8-14(9-33)17-7-25-22(20(29-17)21(24)34)28-15-6-27-32(2)10-15/h3-7,10-12,14H,8-9H2,1-2H3,(H2,24,34)(H,25,28). The molecule has 6 rings (SSSR count). The fourth-order valence-corrected chi connectivity index (χ4v) is 4.08. The highest BCUT2D eigenvalue weighted by Gasteiger charge is 2.33. The topological polar surface area (TPSA) is 146 Å². The number of anilines is 3. The zero-order valence-electron chi connectivity index (χ0n) is 19.1. The van der Waals surface area contributed by atoms with Gasteiger partial charge in [0.15, 0.2) is 17.1 Å². The first-order valence-electron chi connectivity index (χ1n) is 11.0. The molecule has 0 spiro atoms. The first-order valence-corrected chi connectivity index (χ1v) is 11.0. The van der Waals surface area contributed by atoms with E-state index in [2.05, 4.69) is 30.4 Å². The fraction of sp³-hybridized carbons (Fsp3) is 0.217. The molecule has 12 nitrogen and oxygen atoms in total. The second-order valence-electron chi connectivity index (χ2n) is 8.59. The molecule has 0 bridgehead atoms. The molecule has 176 valence electrons. The Bertz CT molecular complexity index is 1560. The molecule has 1 aliphatic rings. The predicted octanol–water partition coefficient (Wildman–Crippen LogP) is 2.20. The maximum absolute atomic E-state index is 12.0. The number of hydrogen-bond acceptors (Lipinski definition) is 9. The molecule has 0 unspecified atom stereocenters. The highest BCUT2D eigenvalue weighted by atomic mass is 16.4. The average molecular weight is 470 g/mol. The summed E-state index contributed by atoms with van der Waals surface area (Å²) in [6.45, 7) is 1.28. The predicted molar refractivity (Wildman–Crippen MR) is 128 cm³/mol. The van der Waals surface area contributed by atoms with Crippen molar-refractivity contribution < 1.29 is 9.21 Å². The van der Waals surface area contributed by atoms with Crippen molar-refractivity contribution in [3.05, 3.63) is 60.7 Å². The molecule has 4 aromatic heterocycles. The van der Waals surface area contributed by atoms with Crippen LogP contribution in [-0.4, -0.2) is 53.3 Å². The lowest BCUT2D eigenvalue weighted by Gasteiger charge is -2.37. The van der Waals surface area contributed by atoms with E-state index in [0.29, 0.717) is 41.9 Å². The minimum atomic E-state index is -0.649. The quantitative estimate of drug-likeness (QED) is 0.381. The second kappa shape index (κ2) is 7.94. The van der Waals surface area contributed by atoms with E-state index in [-0.39, 0.29) is 11.6 Å². The van der Waals surface area contributed by atoms with E-state index in [0.717, 1.165) is 16.8 Å². The number of aryl methyl sites for hydroxylation is 2. The number of rotatable bonds is 6. The summed E-state index contributed by atoms with van der Waals surface area (Å²) in [6.07, 6.45) is 8.78. The summed E-state index contributed by atoms with van der Waals surface area (Å²) in [5.74, 6) is -0.273. The largest absolute Gasteiger partial charge is 0.423 e. The third-order valence-electron chi connectivity index (χ3n) is 5.94. The number of imidazole rings is 1. The van der Waals surface area contributed by atoms with Crippen LogP contribution >= 0.6 is 0 Å². The number of aromatic nitrogens is 7. The Morgan fingerprint density at radius 2 is 2.00 bits per heavy atom. The maximum atomic E-state index is 12.0. The number of nitrogens with one attached hydrogen (secondary N) is 1. The van der Waals surface area contributed by atoms with Gasteiger partial charge in [0, 0.05) is 51.1 Å². The molecule has 1 aromatic carbocycles. The van der Waals surface area contributed by atoms with Gasteiger partial charge in [-0.2, -0.15) is 10.1 Å². The van der Waals surface area contributed by atoms with E-state index < -0.39 is 5.91 Å². The van der Waals surface area contributed by atoms with Gasteiger partial charge in [0.05, 0.1) is 35.8 Å². The summed E-state index contributed by atoms with van der Waals surface area (Å²) < 4.78 is 9.57. The fourth-order valence-electron chi connectivity index (χ4n) is 4.08. The van der Waals surface area contributed by atoms with E-state index in [1.807, 2.05) is 40.9 Å². The van der Waals surface area contributed by atoms with Crippen molar-refractivity contribution in [2.75, 3.05) is 23.3 Å². The summed E-state index contributed by atoms with van der Waals surface area (Å²) in [6, 6.07) is 6.41. The molecule has 0 aliphatic carbocycles. The first kappa shape index (κ1) is 20.8. The summed E-state index contributed by atoms with van der Waals surface area (Å²) >= 11 is 0. The summed E-state index contributed by atoms with van der Waals surface area (Å²) in [5.41, 5.74) is 10.4. The van der Waals surface area contributed by atoms with Crippen molar-refractivity contribution in [2.24, 2.45) is 19.8 Å². The smallest absolute Gasteiger partial charge is 0.298 e. The van der Waals surface area contributed by atoms with Gasteiger partial charge < -0.3 is 24.9 Å². The van der Waals surface area contributed by atoms with Gasteiger partial charge in [-0.25, -0.2) is 15.0 Å². The lowest BCUT2D eigenvalue weighted by molar-refractivity contribution is 0.0995. The van der Waals surface area contributed by atoms with Crippen LogP contribution in [0.1, 0.15) is 22.1 Å². The van der Waals surface area contributed by atoms with Gasteiger partial charge in [-0.15, -0.1) is 0 Å². The number of nitrogens with two attached hydrogens (primary N) is 1. The van der Waals surface area contributed by atoms with Gasteiger partial charge in [0.2, 0.25) is 0 Å². The van der Waals surface area contributed by atoms with Crippen LogP contribution in [0.25, 0.3) is 22.4 Å². The number of oxazole rings is 1. The van der Waals surface area contributed by atoms with E-state index >= 15 is 0 Å².